The number of anilines is 1. The van der Waals surface area contributed by atoms with Gasteiger partial charge in [-0.15, -0.1) is 0 Å². The van der Waals surface area contributed by atoms with Crippen LogP contribution >= 0.6 is 0 Å². The fourth-order valence-electron chi connectivity index (χ4n) is 3.10. The highest BCUT2D eigenvalue weighted by atomic mass is 16.2. The molecule has 0 radical (unpaired) electrons. The molecule has 0 spiro atoms. The topological polar surface area (TPSA) is 71.3 Å². The van der Waals surface area contributed by atoms with Crippen LogP contribution in [0.2, 0.25) is 0 Å². The highest BCUT2D eigenvalue weighted by Crippen LogP contribution is 2.30. The number of amides is 3. The molecule has 2 saturated heterocycles. The number of piperidine rings is 1. The molecule has 2 aromatic rings. The average molecular weight is 297 g/mol. The summed E-state index contributed by atoms with van der Waals surface area (Å²) >= 11 is 0. The summed E-state index contributed by atoms with van der Waals surface area (Å²) in [5.74, 6) is 0.440. The highest BCUT2D eigenvalue weighted by molar-refractivity contribution is 6.21. The normalized spacial score (nSPS) is 21.4. The lowest BCUT2D eigenvalue weighted by atomic mass is 10.0. The van der Waals surface area contributed by atoms with E-state index in [0.717, 1.165) is 19.3 Å². The summed E-state index contributed by atoms with van der Waals surface area (Å²) in [4.78, 5) is 32.3. The fourth-order valence-corrected chi connectivity index (χ4v) is 3.10. The number of aromatic nitrogens is 3. The molecule has 0 N–H and O–H groups in total. The van der Waals surface area contributed by atoms with Crippen molar-refractivity contribution < 1.29 is 9.59 Å². The maximum absolute atomic E-state index is 12.6. The van der Waals surface area contributed by atoms with Gasteiger partial charge in [-0.05, 0) is 31.4 Å². The summed E-state index contributed by atoms with van der Waals surface area (Å²) in [6.07, 6.45) is 7.70. The Morgan fingerprint density at radius 3 is 2.86 bits per heavy atom. The van der Waals surface area contributed by atoms with Crippen molar-refractivity contribution in [2.45, 2.75) is 25.3 Å². The van der Waals surface area contributed by atoms with Crippen LogP contribution in [0.3, 0.4) is 0 Å². The van der Waals surface area contributed by atoms with Crippen molar-refractivity contribution in [3.8, 4) is 5.82 Å². The predicted molar refractivity (Wildman–Crippen MR) is 78.6 cm³/mol. The quantitative estimate of drug-likeness (QED) is 0.789. The third-order valence-electron chi connectivity index (χ3n) is 4.17. The van der Waals surface area contributed by atoms with E-state index in [1.54, 1.807) is 46.4 Å². The molecule has 0 aromatic carbocycles. The Balaban J connectivity index is 1.71. The molecule has 2 fully saturated rings. The first kappa shape index (κ1) is 13.0. The number of pyridine rings is 1. The second-order valence-corrected chi connectivity index (χ2v) is 5.48. The van der Waals surface area contributed by atoms with E-state index in [9.17, 15) is 9.59 Å². The van der Waals surface area contributed by atoms with E-state index >= 15 is 0 Å². The lowest BCUT2D eigenvalue weighted by Crippen LogP contribution is -2.39. The molecule has 2 aliphatic heterocycles. The SMILES string of the molecule is O=C1[C@H]2CCCCN2C(=O)N1c1ccnc(-n2cccn2)c1. The largest absolute Gasteiger partial charge is 0.332 e. The van der Waals surface area contributed by atoms with Crippen LogP contribution in [0.15, 0.2) is 36.8 Å². The molecule has 22 heavy (non-hydrogen) atoms. The van der Waals surface area contributed by atoms with Crippen LogP contribution in [0, 0.1) is 0 Å². The number of carbonyl (C=O) groups excluding carboxylic acids is 2. The van der Waals surface area contributed by atoms with Crippen LogP contribution < -0.4 is 4.90 Å². The van der Waals surface area contributed by atoms with Crippen molar-refractivity contribution in [1.29, 1.82) is 0 Å². The molecular weight excluding hydrogens is 282 g/mol. The van der Waals surface area contributed by atoms with Crippen LogP contribution in [0.4, 0.5) is 10.5 Å². The van der Waals surface area contributed by atoms with Gasteiger partial charge in [0.05, 0.1) is 5.69 Å². The number of fused-ring (bicyclic) bond motifs is 1. The van der Waals surface area contributed by atoms with E-state index in [0.29, 0.717) is 18.1 Å². The number of nitrogens with zero attached hydrogens (tertiary/aromatic N) is 5. The second-order valence-electron chi connectivity index (χ2n) is 5.48. The van der Waals surface area contributed by atoms with Crippen molar-refractivity contribution in [2.75, 3.05) is 11.4 Å². The molecule has 4 rings (SSSR count). The van der Waals surface area contributed by atoms with Gasteiger partial charge in [-0.1, -0.05) is 0 Å². The Morgan fingerprint density at radius 1 is 1.18 bits per heavy atom. The van der Waals surface area contributed by atoms with E-state index in [4.69, 9.17) is 0 Å². The standard InChI is InChI=1S/C15H15N5O2/c21-14-12-4-1-2-8-18(12)15(22)20(14)11-5-7-16-13(10-11)19-9-3-6-17-19/h3,5-7,9-10,12H,1-2,4,8H2/t12-/m1/s1. The van der Waals surface area contributed by atoms with Crippen molar-refractivity contribution in [3.63, 3.8) is 0 Å². The van der Waals surface area contributed by atoms with Gasteiger partial charge in [-0.25, -0.2) is 19.4 Å². The minimum absolute atomic E-state index is 0.137. The van der Waals surface area contributed by atoms with Crippen molar-refractivity contribution in [3.05, 3.63) is 36.8 Å². The average Bonchev–Trinajstić information content (AvgIpc) is 3.17. The van der Waals surface area contributed by atoms with Gasteiger partial charge in [0, 0.05) is 31.2 Å². The van der Waals surface area contributed by atoms with Crippen LogP contribution in [0.25, 0.3) is 5.82 Å². The lowest BCUT2D eigenvalue weighted by molar-refractivity contribution is -0.120. The number of hydrogen-bond donors (Lipinski definition) is 0. The van der Waals surface area contributed by atoms with Crippen LogP contribution in [-0.4, -0.2) is 44.2 Å². The highest BCUT2D eigenvalue weighted by Gasteiger charge is 2.46. The first-order valence-electron chi connectivity index (χ1n) is 7.36. The van der Waals surface area contributed by atoms with E-state index in [2.05, 4.69) is 10.1 Å². The van der Waals surface area contributed by atoms with Crippen molar-refractivity contribution >= 4 is 17.6 Å². The monoisotopic (exact) mass is 297 g/mol. The second kappa shape index (κ2) is 4.94. The predicted octanol–water partition coefficient (Wildman–Crippen LogP) is 1.59. The molecule has 1 atom stereocenters. The lowest BCUT2D eigenvalue weighted by Gasteiger charge is -2.25. The summed E-state index contributed by atoms with van der Waals surface area (Å²) in [6.45, 7) is 0.656. The molecule has 0 saturated carbocycles. The number of carbonyl (C=O) groups is 2. The smallest absolute Gasteiger partial charge is 0.312 e. The molecule has 2 aliphatic rings. The Hall–Kier alpha value is -2.70. The molecule has 7 heteroatoms. The van der Waals surface area contributed by atoms with Gasteiger partial charge in [0.15, 0.2) is 5.82 Å². The zero-order valence-electron chi connectivity index (χ0n) is 11.9. The van der Waals surface area contributed by atoms with Gasteiger partial charge in [0.1, 0.15) is 6.04 Å². The molecule has 2 aromatic heterocycles. The Kier molecular flexibility index (Phi) is 2.92. The number of imide groups is 1. The van der Waals surface area contributed by atoms with Crippen molar-refractivity contribution in [2.24, 2.45) is 0 Å². The third kappa shape index (κ3) is 1.89. The van der Waals surface area contributed by atoms with Crippen LogP contribution in [0.5, 0.6) is 0 Å². The van der Waals surface area contributed by atoms with Gasteiger partial charge in [0.2, 0.25) is 0 Å². The number of rotatable bonds is 2. The van der Waals surface area contributed by atoms with Gasteiger partial charge < -0.3 is 4.90 Å². The zero-order chi connectivity index (χ0) is 15.1. The van der Waals surface area contributed by atoms with Crippen LogP contribution in [0.1, 0.15) is 19.3 Å². The van der Waals surface area contributed by atoms with E-state index in [-0.39, 0.29) is 18.0 Å². The summed E-state index contributed by atoms with van der Waals surface area (Å²) in [5, 5.41) is 4.12. The third-order valence-corrected chi connectivity index (χ3v) is 4.17. The molecule has 0 unspecified atom stereocenters. The van der Waals surface area contributed by atoms with Gasteiger partial charge in [-0.2, -0.15) is 5.10 Å². The molecule has 0 aliphatic carbocycles. The summed E-state index contributed by atoms with van der Waals surface area (Å²) < 4.78 is 1.60. The molecule has 112 valence electrons. The first-order valence-corrected chi connectivity index (χ1v) is 7.36. The van der Waals surface area contributed by atoms with E-state index in [1.807, 2.05) is 0 Å². The summed E-state index contributed by atoms with van der Waals surface area (Å²) in [7, 11) is 0. The Labute approximate surface area is 127 Å². The van der Waals surface area contributed by atoms with E-state index in [1.165, 1.54) is 4.90 Å². The van der Waals surface area contributed by atoms with Gasteiger partial charge in [-0.3, -0.25) is 4.79 Å². The summed E-state index contributed by atoms with van der Waals surface area (Å²) in [6, 6.07) is 4.65. The number of hydrogen-bond acceptors (Lipinski definition) is 4. The maximum Gasteiger partial charge on any atom is 0.332 e. The first-order chi connectivity index (χ1) is 10.8. The molecule has 7 nitrogen and oxygen atoms in total. The van der Waals surface area contributed by atoms with Crippen molar-refractivity contribution in [1.82, 2.24) is 19.7 Å². The Bertz CT molecular complexity index is 703. The molecule has 3 amide bonds. The fraction of sp³-hybridized carbons (Fsp3) is 0.333. The van der Waals surface area contributed by atoms with Gasteiger partial charge in [0.25, 0.3) is 5.91 Å². The minimum atomic E-state index is -0.303. The maximum atomic E-state index is 12.6. The van der Waals surface area contributed by atoms with E-state index < -0.39 is 0 Å². The Morgan fingerprint density at radius 2 is 2.09 bits per heavy atom. The molecular formula is C15H15N5O2. The summed E-state index contributed by atoms with van der Waals surface area (Å²) in [5.41, 5.74) is 0.546. The molecule has 4 heterocycles. The van der Waals surface area contributed by atoms with Gasteiger partial charge >= 0.3 is 6.03 Å². The zero-order valence-corrected chi connectivity index (χ0v) is 11.9. The van der Waals surface area contributed by atoms with Crippen LogP contribution in [-0.2, 0) is 4.79 Å². The number of urea groups is 1. The minimum Gasteiger partial charge on any atom is -0.312 e. The molecule has 0 bridgehead atoms.